The van der Waals surface area contributed by atoms with Gasteiger partial charge in [-0.25, -0.2) is 9.59 Å². The fourth-order valence-electron chi connectivity index (χ4n) is 2.88. The van der Waals surface area contributed by atoms with E-state index in [1.54, 1.807) is 0 Å². The van der Waals surface area contributed by atoms with Crippen LogP contribution in [0.2, 0.25) is 0 Å². The Morgan fingerprint density at radius 3 is 1.67 bits per heavy atom. The number of nitrogens with one attached hydrogen (secondary N) is 3. The minimum Gasteiger partial charge on any atom is -0.480 e. The Bertz CT molecular complexity index is 777. The summed E-state index contributed by atoms with van der Waals surface area (Å²) >= 11 is 0. The fraction of sp³-hybridized carbons (Fsp3) is 0.750. The van der Waals surface area contributed by atoms with E-state index >= 15 is 0 Å². The second-order valence-electron chi connectivity index (χ2n) is 8.38. The van der Waals surface area contributed by atoms with Gasteiger partial charge in [-0.2, -0.15) is 0 Å². The molecule has 0 aromatic rings. The number of carboxylic acid groups (broad SMARTS) is 2. The molecule has 0 heterocycles. The van der Waals surface area contributed by atoms with Gasteiger partial charge in [0.25, 0.3) is 0 Å². The molecule has 15 heteroatoms. The first-order valence-corrected chi connectivity index (χ1v) is 12.7. The molecule has 2 atom stereocenters. The van der Waals surface area contributed by atoms with Gasteiger partial charge in [0.1, 0.15) is 25.3 Å². The van der Waals surface area contributed by atoms with Crippen molar-refractivity contribution in [1.82, 2.24) is 16.0 Å². The van der Waals surface area contributed by atoms with E-state index in [1.165, 1.54) is 6.92 Å². The number of amides is 3. The molecule has 224 valence electrons. The number of carbonyl (C=O) groups excluding carboxylic acids is 4. The van der Waals surface area contributed by atoms with E-state index in [1.807, 2.05) is 6.92 Å². The molecular weight excluding hydrogens is 522 g/mol. The second-order valence-corrected chi connectivity index (χ2v) is 8.38. The quantitative estimate of drug-likeness (QED) is 0.0834. The summed E-state index contributed by atoms with van der Waals surface area (Å²) in [4.78, 5) is 69.7. The lowest BCUT2D eigenvalue weighted by atomic mass is 10.1. The summed E-state index contributed by atoms with van der Waals surface area (Å²) in [7, 11) is 0. The molecule has 0 aliphatic carbocycles. The SMILES string of the molecule is CCCOCCOCC(=O)N[C@@H](CCC(=O)N[C@@H](CCC(=O)NCCOCCOCC(C)=O)C(=O)O)C(=O)O. The molecular formula is C24H41N3O12. The van der Waals surface area contributed by atoms with E-state index in [0.29, 0.717) is 13.2 Å². The molecule has 15 nitrogen and oxygen atoms in total. The van der Waals surface area contributed by atoms with E-state index < -0.39 is 41.7 Å². The highest BCUT2D eigenvalue weighted by Gasteiger charge is 2.24. The van der Waals surface area contributed by atoms with Gasteiger partial charge in [-0.15, -0.1) is 0 Å². The zero-order chi connectivity index (χ0) is 29.5. The standard InChI is InChI=1S/C24H41N3O12/c1-3-9-36-11-14-39-16-22(31)27-19(24(34)35)5-7-21(30)26-18(23(32)33)4-6-20(29)25-8-10-37-12-13-38-15-17(2)28/h18-19H,3-16H2,1-2H3,(H,25,29)(H,26,30)(H,27,31)(H,32,33)(H,34,35)/t18-,19-/m0/s1. The molecule has 0 aromatic carbocycles. The van der Waals surface area contributed by atoms with Gasteiger partial charge in [0.15, 0.2) is 5.78 Å². The van der Waals surface area contributed by atoms with Crippen molar-refractivity contribution in [2.24, 2.45) is 0 Å². The largest absolute Gasteiger partial charge is 0.480 e. The predicted molar refractivity (Wildman–Crippen MR) is 135 cm³/mol. The third kappa shape index (κ3) is 21.5. The van der Waals surface area contributed by atoms with Crippen LogP contribution in [0.3, 0.4) is 0 Å². The van der Waals surface area contributed by atoms with E-state index in [4.69, 9.17) is 18.9 Å². The minimum atomic E-state index is -1.37. The highest BCUT2D eigenvalue weighted by atomic mass is 16.5. The Labute approximate surface area is 227 Å². The van der Waals surface area contributed by atoms with Gasteiger partial charge in [0.2, 0.25) is 17.7 Å². The monoisotopic (exact) mass is 563 g/mol. The number of carbonyl (C=O) groups is 6. The van der Waals surface area contributed by atoms with Gasteiger partial charge >= 0.3 is 11.9 Å². The van der Waals surface area contributed by atoms with Crippen LogP contribution in [0.5, 0.6) is 0 Å². The third-order valence-corrected chi connectivity index (χ3v) is 4.79. The Morgan fingerprint density at radius 1 is 0.641 bits per heavy atom. The van der Waals surface area contributed by atoms with Gasteiger partial charge in [0, 0.05) is 26.0 Å². The van der Waals surface area contributed by atoms with E-state index in [9.17, 15) is 39.0 Å². The molecule has 3 amide bonds. The number of carboxylic acids is 2. The Hall–Kier alpha value is -3.14. The van der Waals surface area contributed by atoms with Crippen molar-refractivity contribution in [2.45, 2.75) is 58.0 Å². The molecule has 0 radical (unpaired) electrons. The molecule has 0 aliphatic rings. The van der Waals surface area contributed by atoms with Crippen molar-refractivity contribution < 1.29 is 57.9 Å². The lowest BCUT2D eigenvalue weighted by Crippen LogP contribution is -2.45. The predicted octanol–water partition coefficient (Wildman–Crippen LogP) is -1.13. The van der Waals surface area contributed by atoms with Crippen LogP contribution < -0.4 is 16.0 Å². The Balaban J connectivity index is 4.27. The molecule has 5 N–H and O–H groups in total. The molecule has 0 bridgehead atoms. The van der Waals surface area contributed by atoms with Crippen LogP contribution in [0, 0.1) is 0 Å². The van der Waals surface area contributed by atoms with Crippen LogP contribution >= 0.6 is 0 Å². The molecule has 0 aromatic heterocycles. The molecule has 0 aliphatic heterocycles. The summed E-state index contributed by atoms with van der Waals surface area (Å²) in [6, 6.07) is -2.74. The smallest absolute Gasteiger partial charge is 0.326 e. The molecule has 0 rings (SSSR count). The van der Waals surface area contributed by atoms with E-state index in [-0.39, 0.29) is 77.7 Å². The average molecular weight is 564 g/mol. The summed E-state index contributed by atoms with van der Waals surface area (Å²) < 4.78 is 20.5. The second kappa shape index (κ2) is 22.8. The molecule has 0 saturated carbocycles. The van der Waals surface area contributed by atoms with Crippen molar-refractivity contribution >= 4 is 35.4 Å². The number of Topliss-reactive ketones (excluding diaryl/α,β-unsaturated/α-hetero) is 1. The first-order chi connectivity index (χ1) is 18.6. The van der Waals surface area contributed by atoms with Gasteiger partial charge < -0.3 is 45.1 Å². The van der Waals surface area contributed by atoms with Crippen LogP contribution in [0.15, 0.2) is 0 Å². The zero-order valence-electron chi connectivity index (χ0n) is 22.5. The van der Waals surface area contributed by atoms with Crippen molar-refractivity contribution in [3.05, 3.63) is 0 Å². The van der Waals surface area contributed by atoms with Crippen molar-refractivity contribution in [2.75, 3.05) is 59.4 Å². The van der Waals surface area contributed by atoms with Gasteiger partial charge in [-0.05, 0) is 26.2 Å². The fourth-order valence-corrected chi connectivity index (χ4v) is 2.88. The maximum absolute atomic E-state index is 12.2. The van der Waals surface area contributed by atoms with Crippen LogP contribution in [-0.2, 0) is 47.7 Å². The zero-order valence-corrected chi connectivity index (χ0v) is 22.5. The topological polar surface area (TPSA) is 216 Å². The molecule has 0 saturated heterocycles. The summed E-state index contributed by atoms with van der Waals surface area (Å²) in [6.45, 7) is 4.83. The number of aliphatic carboxylic acids is 2. The van der Waals surface area contributed by atoms with Gasteiger partial charge in [-0.3, -0.25) is 19.2 Å². The Kier molecular flexibility index (Phi) is 21.0. The van der Waals surface area contributed by atoms with Gasteiger partial charge in [0.05, 0.1) is 33.0 Å². The van der Waals surface area contributed by atoms with Crippen LogP contribution in [0.4, 0.5) is 0 Å². The number of hydrogen-bond acceptors (Lipinski definition) is 10. The van der Waals surface area contributed by atoms with Gasteiger partial charge in [-0.1, -0.05) is 6.92 Å². The normalized spacial score (nSPS) is 12.3. The maximum Gasteiger partial charge on any atom is 0.326 e. The summed E-state index contributed by atoms with van der Waals surface area (Å²) in [5.74, 6) is -4.68. The van der Waals surface area contributed by atoms with Crippen molar-refractivity contribution in [3.63, 3.8) is 0 Å². The Morgan fingerprint density at radius 2 is 1.13 bits per heavy atom. The molecule has 39 heavy (non-hydrogen) atoms. The van der Waals surface area contributed by atoms with Crippen LogP contribution in [-0.4, -0.2) is 117 Å². The number of ketones is 1. The first kappa shape index (κ1) is 35.9. The van der Waals surface area contributed by atoms with Crippen LogP contribution in [0.25, 0.3) is 0 Å². The number of hydrogen-bond donors (Lipinski definition) is 5. The first-order valence-electron chi connectivity index (χ1n) is 12.7. The lowest BCUT2D eigenvalue weighted by Gasteiger charge is -2.17. The minimum absolute atomic E-state index is 0.00329. The average Bonchev–Trinajstić information content (AvgIpc) is 2.87. The summed E-state index contributed by atoms with van der Waals surface area (Å²) in [6.07, 6.45) is -0.178. The van der Waals surface area contributed by atoms with E-state index in [0.717, 1.165) is 6.42 Å². The van der Waals surface area contributed by atoms with Crippen molar-refractivity contribution in [1.29, 1.82) is 0 Å². The summed E-state index contributed by atoms with van der Waals surface area (Å²) in [5.41, 5.74) is 0. The number of ether oxygens (including phenoxy) is 4. The van der Waals surface area contributed by atoms with Crippen molar-refractivity contribution in [3.8, 4) is 0 Å². The van der Waals surface area contributed by atoms with Crippen LogP contribution in [0.1, 0.15) is 46.0 Å². The number of rotatable bonds is 25. The molecule has 0 fully saturated rings. The highest BCUT2D eigenvalue weighted by Crippen LogP contribution is 2.03. The molecule has 0 spiro atoms. The third-order valence-electron chi connectivity index (χ3n) is 4.79. The summed E-state index contributed by atoms with van der Waals surface area (Å²) in [5, 5.41) is 25.7. The molecule has 0 unspecified atom stereocenters. The van der Waals surface area contributed by atoms with E-state index in [2.05, 4.69) is 16.0 Å². The lowest BCUT2D eigenvalue weighted by molar-refractivity contribution is -0.144. The maximum atomic E-state index is 12.2. The highest BCUT2D eigenvalue weighted by molar-refractivity contribution is 5.86.